The Bertz CT molecular complexity index is 1510. The van der Waals surface area contributed by atoms with Crippen molar-refractivity contribution < 1.29 is 24.2 Å². The topological polar surface area (TPSA) is 108 Å². The van der Waals surface area contributed by atoms with Gasteiger partial charge in [-0.25, -0.2) is 9.59 Å². The molecule has 1 atom stereocenters. The molecule has 2 amide bonds. The average Bonchev–Trinajstić information content (AvgIpc) is 3.30. The van der Waals surface area contributed by atoms with Gasteiger partial charge < -0.3 is 20.5 Å². The van der Waals surface area contributed by atoms with Gasteiger partial charge in [-0.1, -0.05) is 91.0 Å². The van der Waals surface area contributed by atoms with Crippen molar-refractivity contribution in [1.29, 1.82) is 0 Å². The van der Waals surface area contributed by atoms with Crippen LogP contribution in [-0.4, -0.2) is 54.2 Å². The van der Waals surface area contributed by atoms with Gasteiger partial charge in [-0.15, -0.1) is 0 Å². The van der Waals surface area contributed by atoms with Crippen LogP contribution in [0.1, 0.15) is 33.0 Å². The molecule has 0 heterocycles. The van der Waals surface area contributed by atoms with Crippen molar-refractivity contribution in [3.05, 3.63) is 125 Å². The van der Waals surface area contributed by atoms with E-state index in [2.05, 4.69) is 22.8 Å². The van der Waals surface area contributed by atoms with Crippen molar-refractivity contribution in [3.63, 3.8) is 0 Å². The lowest BCUT2D eigenvalue weighted by Gasteiger charge is -2.25. The summed E-state index contributed by atoms with van der Waals surface area (Å²) in [6.07, 6.45) is -0.730. The molecule has 0 saturated heterocycles. The van der Waals surface area contributed by atoms with Gasteiger partial charge in [0.1, 0.15) is 12.6 Å². The summed E-state index contributed by atoms with van der Waals surface area (Å²) in [7, 11) is 1.85. The summed E-state index contributed by atoms with van der Waals surface area (Å²) in [5.74, 6) is -1.83. The highest BCUT2D eigenvalue weighted by Gasteiger charge is 2.30. The van der Waals surface area contributed by atoms with Gasteiger partial charge in [0.15, 0.2) is 0 Å². The van der Waals surface area contributed by atoms with Crippen LogP contribution in [0.2, 0.25) is 0 Å². The number of anilines is 1. The third kappa shape index (κ3) is 6.45. The van der Waals surface area contributed by atoms with Crippen LogP contribution in [0.15, 0.2) is 103 Å². The number of hydrogen-bond donors (Lipinski definition) is 3. The highest BCUT2D eigenvalue weighted by Crippen LogP contribution is 2.44. The molecular formula is C33H31N3O5. The minimum atomic E-state index is -1.16. The smallest absolute Gasteiger partial charge is 0.407 e. The second-order valence-electron chi connectivity index (χ2n) is 10.0. The number of nitrogens with zero attached hydrogens (tertiary/aromatic N) is 1. The quantitative estimate of drug-likeness (QED) is 0.246. The first-order valence-corrected chi connectivity index (χ1v) is 13.4. The Morgan fingerprint density at radius 2 is 1.41 bits per heavy atom. The Labute approximate surface area is 238 Å². The van der Waals surface area contributed by atoms with Crippen molar-refractivity contribution in [2.45, 2.75) is 18.5 Å². The molecule has 8 heteroatoms. The summed E-state index contributed by atoms with van der Waals surface area (Å²) in [5.41, 5.74) is 5.57. The normalized spacial score (nSPS) is 12.7. The standard InChI is InChI=1S/C33H31N3O5/c1-36(19-22-11-3-2-4-12-22)20-30(31(37)34-29-18-10-9-17-27(29)32(38)39)35-33(40)41-21-28-25-15-7-5-13-23(25)24-14-6-8-16-26(24)28/h2-18,28,30H,19-21H2,1H3,(H,34,37)(H,35,40)(H,38,39). The largest absolute Gasteiger partial charge is 0.478 e. The molecule has 0 aliphatic heterocycles. The number of carbonyl (C=O) groups excluding carboxylic acids is 2. The number of nitrogens with one attached hydrogen (secondary N) is 2. The Kier molecular flexibility index (Phi) is 8.41. The molecule has 8 nitrogen and oxygen atoms in total. The Morgan fingerprint density at radius 3 is 2.07 bits per heavy atom. The minimum Gasteiger partial charge on any atom is -0.478 e. The number of fused-ring (bicyclic) bond motifs is 3. The van der Waals surface area contributed by atoms with E-state index in [1.165, 1.54) is 12.1 Å². The number of carboxylic acids is 1. The van der Waals surface area contributed by atoms with E-state index in [0.29, 0.717) is 6.54 Å². The van der Waals surface area contributed by atoms with E-state index in [0.717, 1.165) is 27.8 Å². The first-order chi connectivity index (χ1) is 19.9. The molecular weight excluding hydrogens is 518 g/mol. The second-order valence-corrected chi connectivity index (χ2v) is 10.0. The van der Waals surface area contributed by atoms with Crippen molar-refractivity contribution in [1.82, 2.24) is 10.2 Å². The molecule has 3 N–H and O–H groups in total. The third-order valence-electron chi connectivity index (χ3n) is 7.16. The van der Waals surface area contributed by atoms with Crippen LogP contribution in [0, 0.1) is 0 Å². The monoisotopic (exact) mass is 549 g/mol. The van der Waals surface area contributed by atoms with E-state index >= 15 is 0 Å². The molecule has 0 aromatic heterocycles. The van der Waals surface area contributed by atoms with E-state index < -0.39 is 24.0 Å². The van der Waals surface area contributed by atoms with E-state index in [4.69, 9.17) is 4.74 Å². The molecule has 41 heavy (non-hydrogen) atoms. The van der Waals surface area contributed by atoms with Crippen LogP contribution in [0.4, 0.5) is 10.5 Å². The zero-order valence-corrected chi connectivity index (χ0v) is 22.6. The highest BCUT2D eigenvalue weighted by atomic mass is 16.5. The maximum Gasteiger partial charge on any atom is 0.407 e. The predicted octanol–water partition coefficient (Wildman–Crippen LogP) is 5.36. The molecule has 208 valence electrons. The van der Waals surface area contributed by atoms with Crippen molar-refractivity contribution in [2.24, 2.45) is 0 Å². The Balaban J connectivity index is 1.30. The fraction of sp³-hybridized carbons (Fsp3) is 0.182. The molecule has 0 radical (unpaired) electrons. The number of hydrogen-bond acceptors (Lipinski definition) is 5. The maximum absolute atomic E-state index is 13.4. The SMILES string of the molecule is CN(Cc1ccccc1)CC(NC(=O)OCC1c2ccccc2-c2ccccc21)C(=O)Nc1ccccc1C(=O)O. The Morgan fingerprint density at radius 1 is 0.829 bits per heavy atom. The Hall–Kier alpha value is -4.95. The highest BCUT2D eigenvalue weighted by molar-refractivity contribution is 6.03. The predicted molar refractivity (Wildman–Crippen MR) is 157 cm³/mol. The summed E-state index contributed by atoms with van der Waals surface area (Å²) >= 11 is 0. The lowest BCUT2D eigenvalue weighted by molar-refractivity contribution is -0.118. The zero-order valence-electron chi connectivity index (χ0n) is 22.6. The molecule has 1 aliphatic carbocycles. The van der Waals surface area contributed by atoms with Gasteiger partial charge in [-0.2, -0.15) is 0 Å². The van der Waals surface area contributed by atoms with E-state index in [1.807, 2.05) is 78.7 Å². The molecule has 0 saturated carbocycles. The zero-order chi connectivity index (χ0) is 28.8. The van der Waals surface area contributed by atoms with Gasteiger partial charge in [-0.3, -0.25) is 9.69 Å². The summed E-state index contributed by atoms with van der Waals surface area (Å²) in [6.45, 7) is 0.818. The fourth-order valence-electron chi connectivity index (χ4n) is 5.25. The molecule has 0 spiro atoms. The molecule has 4 aromatic carbocycles. The maximum atomic E-state index is 13.4. The molecule has 5 rings (SSSR count). The van der Waals surface area contributed by atoms with Crippen molar-refractivity contribution in [3.8, 4) is 11.1 Å². The number of para-hydroxylation sites is 1. The molecule has 1 unspecified atom stereocenters. The van der Waals surface area contributed by atoms with Gasteiger partial charge in [0, 0.05) is 19.0 Å². The number of carbonyl (C=O) groups is 3. The van der Waals surface area contributed by atoms with Crippen LogP contribution in [0.25, 0.3) is 11.1 Å². The van der Waals surface area contributed by atoms with Gasteiger partial charge >= 0.3 is 12.1 Å². The number of likely N-dealkylation sites (N-methyl/N-ethyl adjacent to an activating group) is 1. The van der Waals surface area contributed by atoms with Crippen LogP contribution >= 0.6 is 0 Å². The summed E-state index contributed by atoms with van der Waals surface area (Å²) < 4.78 is 5.69. The number of carboxylic acid groups (broad SMARTS) is 1. The lowest BCUT2D eigenvalue weighted by atomic mass is 9.98. The van der Waals surface area contributed by atoms with Gasteiger partial charge in [0.2, 0.25) is 5.91 Å². The van der Waals surface area contributed by atoms with Crippen LogP contribution in [0.3, 0.4) is 0 Å². The second kappa shape index (κ2) is 12.5. The van der Waals surface area contributed by atoms with Crippen molar-refractivity contribution >= 4 is 23.7 Å². The number of alkyl carbamates (subject to hydrolysis) is 1. The lowest BCUT2D eigenvalue weighted by Crippen LogP contribution is -2.50. The van der Waals surface area contributed by atoms with Crippen LogP contribution in [-0.2, 0) is 16.1 Å². The van der Waals surface area contributed by atoms with Gasteiger partial charge in [0.05, 0.1) is 11.3 Å². The molecule has 4 aromatic rings. The number of amides is 2. The minimum absolute atomic E-state index is 0.0432. The first kappa shape index (κ1) is 27.6. The van der Waals surface area contributed by atoms with Crippen LogP contribution < -0.4 is 10.6 Å². The fourth-order valence-corrected chi connectivity index (χ4v) is 5.25. The number of aromatic carboxylic acids is 1. The van der Waals surface area contributed by atoms with Gasteiger partial charge in [-0.05, 0) is 47.0 Å². The third-order valence-corrected chi connectivity index (χ3v) is 7.16. The number of benzene rings is 4. The summed E-state index contributed by atoms with van der Waals surface area (Å²) in [6, 6.07) is 31.0. The molecule has 0 bridgehead atoms. The van der Waals surface area contributed by atoms with Crippen molar-refractivity contribution in [2.75, 3.05) is 25.5 Å². The number of ether oxygens (including phenoxy) is 1. The van der Waals surface area contributed by atoms with Gasteiger partial charge in [0.25, 0.3) is 0 Å². The van der Waals surface area contributed by atoms with Crippen LogP contribution in [0.5, 0.6) is 0 Å². The van der Waals surface area contributed by atoms with E-state index in [9.17, 15) is 19.5 Å². The van der Waals surface area contributed by atoms with E-state index in [1.54, 1.807) is 12.1 Å². The summed E-state index contributed by atoms with van der Waals surface area (Å²) in [4.78, 5) is 40.1. The average molecular weight is 550 g/mol. The first-order valence-electron chi connectivity index (χ1n) is 13.4. The number of rotatable bonds is 10. The summed E-state index contributed by atoms with van der Waals surface area (Å²) in [5, 5.41) is 14.9. The van der Waals surface area contributed by atoms with E-state index in [-0.39, 0.29) is 30.3 Å². The molecule has 1 aliphatic rings. The molecule has 0 fully saturated rings.